The molecule has 2 unspecified atom stereocenters. The van der Waals surface area contributed by atoms with Crippen LogP contribution in [0.5, 0.6) is 5.75 Å². The van der Waals surface area contributed by atoms with Crippen LogP contribution < -0.4 is 10.1 Å². The Labute approximate surface area is 117 Å². The number of benzene rings is 1. The molecule has 1 fully saturated rings. The van der Waals surface area contributed by atoms with Crippen LogP contribution in [-0.2, 0) is 0 Å². The van der Waals surface area contributed by atoms with Gasteiger partial charge in [-0.05, 0) is 42.7 Å². The molecule has 0 aliphatic heterocycles. The number of rotatable bonds is 5. The van der Waals surface area contributed by atoms with Crippen molar-refractivity contribution in [2.75, 3.05) is 13.2 Å². The molecule has 2 nitrogen and oxygen atoms in total. The van der Waals surface area contributed by atoms with Crippen LogP contribution in [0.1, 0.15) is 40.0 Å². The second-order valence-electron chi connectivity index (χ2n) is 6.61. The second kappa shape index (κ2) is 6.42. The summed E-state index contributed by atoms with van der Waals surface area (Å²) in [6.07, 6.45) is 3.94. The summed E-state index contributed by atoms with van der Waals surface area (Å²) in [4.78, 5) is 0. The van der Waals surface area contributed by atoms with Crippen molar-refractivity contribution in [3.63, 3.8) is 0 Å². The summed E-state index contributed by atoms with van der Waals surface area (Å²) in [7, 11) is 0. The van der Waals surface area contributed by atoms with Crippen LogP contribution in [0.3, 0.4) is 0 Å². The van der Waals surface area contributed by atoms with Crippen LogP contribution in [0, 0.1) is 11.3 Å². The molecule has 2 rings (SSSR count). The fourth-order valence-electron chi connectivity index (χ4n) is 3.18. The normalized spacial score (nSPS) is 26.1. The molecule has 0 bridgehead atoms. The first-order valence-electron chi connectivity index (χ1n) is 7.48. The van der Waals surface area contributed by atoms with Crippen molar-refractivity contribution >= 4 is 0 Å². The van der Waals surface area contributed by atoms with Gasteiger partial charge in [0.05, 0.1) is 0 Å². The summed E-state index contributed by atoms with van der Waals surface area (Å²) in [5, 5.41) is 3.65. The highest BCUT2D eigenvalue weighted by Crippen LogP contribution is 2.38. The number of nitrogens with one attached hydrogen (secondary N) is 1. The third-order valence-electron chi connectivity index (χ3n) is 4.21. The van der Waals surface area contributed by atoms with E-state index in [-0.39, 0.29) is 0 Å². The highest BCUT2D eigenvalue weighted by Gasteiger charge is 2.31. The molecular weight excluding hydrogens is 234 g/mol. The maximum absolute atomic E-state index is 5.71. The molecular formula is C17H27NO. The van der Waals surface area contributed by atoms with Crippen molar-refractivity contribution in [3.05, 3.63) is 30.3 Å². The van der Waals surface area contributed by atoms with Crippen LogP contribution in [0.2, 0.25) is 0 Å². The largest absolute Gasteiger partial charge is 0.492 e. The molecule has 2 heteroatoms. The van der Waals surface area contributed by atoms with Gasteiger partial charge in [0.25, 0.3) is 0 Å². The fourth-order valence-corrected chi connectivity index (χ4v) is 3.18. The first-order valence-corrected chi connectivity index (χ1v) is 7.48. The lowest BCUT2D eigenvalue weighted by Gasteiger charge is -2.39. The SMILES string of the molecule is CC1CC(C)(C)CCC1NCCOc1ccccc1. The predicted molar refractivity (Wildman–Crippen MR) is 80.5 cm³/mol. The number of hydrogen-bond donors (Lipinski definition) is 1. The minimum absolute atomic E-state index is 0.526. The quantitative estimate of drug-likeness (QED) is 0.812. The Morgan fingerprint density at radius 2 is 2.00 bits per heavy atom. The van der Waals surface area contributed by atoms with E-state index in [2.05, 4.69) is 26.1 Å². The van der Waals surface area contributed by atoms with Crippen molar-refractivity contribution in [1.29, 1.82) is 0 Å². The van der Waals surface area contributed by atoms with E-state index in [4.69, 9.17) is 4.74 Å². The Hall–Kier alpha value is -1.02. The highest BCUT2D eigenvalue weighted by atomic mass is 16.5. The average Bonchev–Trinajstić information content (AvgIpc) is 2.37. The number of ether oxygens (including phenoxy) is 1. The molecule has 0 radical (unpaired) electrons. The zero-order valence-electron chi connectivity index (χ0n) is 12.5. The molecule has 1 saturated carbocycles. The Morgan fingerprint density at radius 3 is 2.68 bits per heavy atom. The molecule has 0 heterocycles. The summed E-state index contributed by atoms with van der Waals surface area (Å²) in [5.41, 5.74) is 0.526. The maximum atomic E-state index is 5.71. The zero-order valence-corrected chi connectivity index (χ0v) is 12.5. The van der Waals surface area contributed by atoms with Crippen LogP contribution in [0.15, 0.2) is 30.3 Å². The van der Waals surface area contributed by atoms with Gasteiger partial charge < -0.3 is 10.1 Å². The summed E-state index contributed by atoms with van der Waals surface area (Å²) in [6, 6.07) is 10.7. The molecule has 1 N–H and O–H groups in total. The topological polar surface area (TPSA) is 21.3 Å². The van der Waals surface area contributed by atoms with Crippen molar-refractivity contribution in [3.8, 4) is 5.75 Å². The van der Waals surface area contributed by atoms with E-state index in [1.807, 2.05) is 30.3 Å². The number of hydrogen-bond acceptors (Lipinski definition) is 2. The van der Waals surface area contributed by atoms with Gasteiger partial charge in [0.15, 0.2) is 0 Å². The Balaban J connectivity index is 1.66. The van der Waals surface area contributed by atoms with E-state index in [9.17, 15) is 0 Å². The van der Waals surface area contributed by atoms with Gasteiger partial charge >= 0.3 is 0 Å². The third kappa shape index (κ3) is 4.54. The first-order chi connectivity index (χ1) is 9.07. The van der Waals surface area contributed by atoms with Crippen molar-refractivity contribution in [2.45, 2.75) is 46.1 Å². The predicted octanol–water partition coefficient (Wildman–Crippen LogP) is 3.87. The minimum Gasteiger partial charge on any atom is -0.492 e. The molecule has 0 saturated heterocycles. The molecule has 19 heavy (non-hydrogen) atoms. The van der Waals surface area contributed by atoms with Gasteiger partial charge in [-0.15, -0.1) is 0 Å². The van der Waals surface area contributed by atoms with Crippen molar-refractivity contribution in [2.24, 2.45) is 11.3 Å². The van der Waals surface area contributed by atoms with Gasteiger partial charge in [-0.3, -0.25) is 0 Å². The maximum Gasteiger partial charge on any atom is 0.119 e. The zero-order chi connectivity index (χ0) is 13.7. The monoisotopic (exact) mass is 261 g/mol. The van der Waals surface area contributed by atoms with Gasteiger partial charge in [0, 0.05) is 12.6 Å². The van der Waals surface area contributed by atoms with E-state index in [0.29, 0.717) is 11.5 Å². The highest BCUT2D eigenvalue weighted by molar-refractivity contribution is 5.20. The van der Waals surface area contributed by atoms with Crippen molar-refractivity contribution in [1.82, 2.24) is 5.32 Å². The van der Waals surface area contributed by atoms with Crippen LogP contribution in [0.25, 0.3) is 0 Å². The lowest BCUT2D eigenvalue weighted by atomic mass is 9.70. The molecule has 1 aliphatic rings. The van der Waals surface area contributed by atoms with Gasteiger partial charge in [-0.25, -0.2) is 0 Å². The lowest BCUT2D eigenvalue weighted by molar-refractivity contribution is 0.145. The van der Waals surface area contributed by atoms with Gasteiger partial charge in [-0.1, -0.05) is 39.0 Å². The molecule has 0 aromatic heterocycles. The summed E-state index contributed by atoms with van der Waals surface area (Å²) in [6.45, 7) is 8.83. The van der Waals surface area contributed by atoms with Gasteiger partial charge in [-0.2, -0.15) is 0 Å². The molecule has 106 valence electrons. The smallest absolute Gasteiger partial charge is 0.119 e. The molecule has 2 atom stereocenters. The van der Waals surface area contributed by atoms with E-state index in [1.54, 1.807) is 0 Å². The Morgan fingerprint density at radius 1 is 1.26 bits per heavy atom. The average molecular weight is 261 g/mol. The third-order valence-corrected chi connectivity index (χ3v) is 4.21. The molecule has 1 aliphatic carbocycles. The first kappa shape index (κ1) is 14.4. The summed E-state index contributed by atoms with van der Waals surface area (Å²) >= 11 is 0. The van der Waals surface area contributed by atoms with E-state index in [0.717, 1.165) is 24.8 Å². The molecule has 0 spiro atoms. The Bertz CT molecular complexity index is 374. The standard InChI is InChI=1S/C17H27NO/c1-14-13-17(2,3)10-9-16(14)18-11-12-19-15-7-5-4-6-8-15/h4-8,14,16,18H,9-13H2,1-3H3. The fraction of sp³-hybridized carbons (Fsp3) is 0.647. The summed E-state index contributed by atoms with van der Waals surface area (Å²) < 4.78 is 5.71. The minimum atomic E-state index is 0.526. The second-order valence-corrected chi connectivity index (χ2v) is 6.61. The van der Waals surface area contributed by atoms with Crippen molar-refractivity contribution < 1.29 is 4.74 Å². The summed E-state index contributed by atoms with van der Waals surface area (Å²) in [5.74, 6) is 1.72. The van der Waals surface area contributed by atoms with Crippen LogP contribution in [0.4, 0.5) is 0 Å². The van der Waals surface area contributed by atoms with Crippen LogP contribution >= 0.6 is 0 Å². The van der Waals surface area contributed by atoms with E-state index < -0.39 is 0 Å². The molecule has 0 amide bonds. The van der Waals surface area contributed by atoms with Gasteiger partial charge in [0.2, 0.25) is 0 Å². The molecule has 1 aromatic carbocycles. The van der Waals surface area contributed by atoms with E-state index in [1.165, 1.54) is 19.3 Å². The number of para-hydroxylation sites is 1. The Kier molecular flexibility index (Phi) is 4.87. The van der Waals surface area contributed by atoms with Gasteiger partial charge in [0.1, 0.15) is 12.4 Å². The van der Waals surface area contributed by atoms with E-state index >= 15 is 0 Å². The van der Waals surface area contributed by atoms with Crippen LogP contribution in [-0.4, -0.2) is 19.2 Å². The lowest BCUT2D eigenvalue weighted by Crippen LogP contribution is -2.43. The molecule has 1 aromatic rings.